The Labute approximate surface area is 107 Å². The summed E-state index contributed by atoms with van der Waals surface area (Å²) in [7, 11) is 1.93. The monoisotopic (exact) mass is 242 g/mol. The van der Waals surface area contributed by atoms with Crippen LogP contribution in [-0.4, -0.2) is 16.3 Å². The molecule has 2 heterocycles. The van der Waals surface area contributed by atoms with E-state index in [-0.39, 0.29) is 0 Å². The molecular formula is C14H18N4. The minimum absolute atomic E-state index is 0.846. The van der Waals surface area contributed by atoms with Gasteiger partial charge in [0.05, 0.1) is 11.9 Å². The zero-order valence-corrected chi connectivity index (χ0v) is 10.6. The first-order chi connectivity index (χ1) is 8.81. The molecule has 2 N–H and O–H groups in total. The van der Waals surface area contributed by atoms with Crippen LogP contribution in [0.15, 0.2) is 30.6 Å². The molecule has 0 spiro atoms. The highest BCUT2D eigenvalue weighted by atomic mass is 15.3. The summed E-state index contributed by atoms with van der Waals surface area (Å²) in [6, 6.07) is 6.77. The number of hydrogen-bond donors (Lipinski definition) is 2. The average molecular weight is 242 g/mol. The van der Waals surface area contributed by atoms with Gasteiger partial charge in [-0.25, -0.2) is 0 Å². The summed E-state index contributed by atoms with van der Waals surface area (Å²) in [6.07, 6.45) is 4.98. The van der Waals surface area contributed by atoms with E-state index in [2.05, 4.69) is 33.9 Å². The molecule has 94 valence electrons. The lowest BCUT2D eigenvalue weighted by Crippen LogP contribution is -2.23. The van der Waals surface area contributed by atoms with Crippen LogP contribution in [0.2, 0.25) is 0 Å². The van der Waals surface area contributed by atoms with Gasteiger partial charge in [-0.1, -0.05) is 18.2 Å². The molecule has 3 rings (SSSR count). The highest BCUT2D eigenvalue weighted by molar-refractivity contribution is 5.40. The van der Waals surface area contributed by atoms with Crippen molar-refractivity contribution in [3.8, 4) is 0 Å². The number of nitrogens with zero attached hydrogens (tertiary/aromatic N) is 2. The van der Waals surface area contributed by atoms with E-state index < -0.39 is 0 Å². The van der Waals surface area contributed by atoms with Crippen molar-refractivity contribution in [3.63, 3.8) is 0 Å². The summed E-state index contributed by atoms with van der Waals surface area (Å²) in [5.74, 6) is 0. The molecule has 2 aromatic rings. The second-order valence-electron chi connectivity index (χ2n) is 4.79. The van der Waals surface area contributed by atoms with Gasteiger partial charge >= 0.3 is 0 Å². The number of aryl methyl sites for hydroxylation is 1. The summed E-state index contributed by atoms with van der Waals surface area (Å²) in [5.41, 5.74) is 5.31. The fourth-order valence-corrected chi connectivity index (χ4v) is 2.36. The third-order valence-corrected chi connectivity index (χ3v) is 3.36. The van der Waals surface area contributed by atoms with Crippen molar-refractivity contribution in [2.75, 3.05) is 11.9 Å². The van der Waals surface area contributed by atoms with Gasteiger partial charge in [0.15, 0.2) is 0 Å². The van der Waals surface area contributed by atoms with E-state index in [0.29, 0.717) is 0 Å². The highest BCUT2D eigenvalue weighted by Gasteiger charge is 2.08. The van der Waals surface area contributed by atoms with Gasteiger partial charge in [0.2, 0.25) is 0 Å². The summed E-state index contributed by atoms with van der Waals surface area (Å²) < 4.78 is 1.80. The number of aromatic nitrogens is 2. The molecule has 0 amide bonds. The van der Waals surface area contributed by atoms with Crippen LogP contribution in [0.25, 0.3) is 0 Å². The van der Waals surface area contributed by atoms with Crippen LogP contribution in [0.1, 0.15) is 16.7 Å². The average Bonchev–Trinajstić information content (AvgIpc) is 2.82. The Morgan fingerprint density at radius 1 is 1.39 bits per heavy atom. The largest absolute Gasteiger partial charge is 0.378 e. The molecule has 0 saturated carbocycles. The van der Waals surface area contributed by atoms with E-state index in [1.807, 2.05) is 19.4 Å². The Morgan fingerprint density at radius 3 is 3.17 bits per heavy atom. The molecule has 0 radical (unpaired) electrons. The second kappa shape index (κ2) is 4.82. The highest BCUT2D eigenvalue weighted by Crippen LogP contribution is 2.16. The van der Waals surface area contributed by atoms with Gasteiger partial charge in [-0.15, -0.1) is 0 Å². The molecule has 0 saturated heterocycles. The number of benzene rings is 1. The van der Waals surface area contributed by atoms with Gasteiger partial charge in [0.25, 0.3) is 0 Å². The van der Waals surface area contributed by atoms with Crippen molar-refractivity contribution in [1.82, 2.24) is 15.1 Å². The van der Waals surface area contributed by atoms with Crippen molar-refractivity contribution < 1.29 is 0 Å². The van der Waals surface area contributed by atoms with E-state index >= 15 is 0 Å². The minimum atomic E-state index is 0.846. The maximum absolute atomic E-state index is 4.14. The van der Waals surface area contributed by atoms with Crippen LogP contribution < -0.4 is 10.6 Å². The Balaban J connectivity index is 1.69. The third-order valence-electron chi connectivity index (χ3n) is 3.36. The fraction of sp³-hybridized carbons (Fsp3) is 0.357. The molecule has 0 unspecified atom stereocenters. The molecule has 0 atom stereocenters. The topological polar surface area (TPSA) is 41.9 Å². The maximum Gasteiger partial charge on any atom is 0.0729 e. The maximum atomic E-state index is 4.14. The van der Waals surface area contributed by atoms with E-state index in [4.69, 9.17) is 0 Å². The van der Waals surface area contributed by atoms with Crippen LogP contribution >= 0.6 is 0 Å². The molecule has 1 aromatic carbocycles. The quantitative estimate of drug-likeness (QED) is 0.860. The lowest BCUT2D eigenvalue weighted by atomic mass is 9.98. The zero-order valence-electron chi connectivity index (χ0n) is 10.6. The van der Waals surface area contributed by atoms with Gasteiger partial charge in [-0.3, -0.25) is 4.68 Å². The summed E-state index contributed by atoms with van der Waals surface area (Å²) in [4.78, 5) is 0. The molecule has 4 heteroatoms. The fourth-order valence-electron chi connectivity index (χ4n) is 2.36. The predicted octanol–water partition coefficient (Wildman–Crippen LogP) is 1.68. The first-order valence-corrected chi connectivity index (χ1v) is 6.35. The molecule has 4 nitrogen and oxygen atoms in total. The van der Waals surface area contributed by atoms with Crippen molar-refractivity contribution >= 4 is 5.69 Å². The summed E-state index contributed by atoms with van der Waals surface area (Å²) in [6.45, 7) is 2.94. The molecule has 18 heavy (non-hydrogen) atoms. The van der Waals surface area contributed by atoms with Crippen LogP contribution in [0.3, 0.4) is 0 Å². The first-order valence-electron chi connectivity index (χ1n) is 6.35. The number of rotatable bonds is 3. The molecule has 0 aliphatic carbocycles. The van der Waals surface area contributed by atoms with Gasteiger partial charge in [-0.05, 0) is 29.7 Å². The number of anilines is 1. The van der Waals surface area contributed by atoms with E-state index in [1.54, 1.807) is 4.68 Å². The summed E-state index contributed by atoms with van der Waals surface area (Å²) >= 11 is 0. The van der Waals surface area contributed by atoms with Gasteiger partial charge in [0.1, 0.15) is 0 Å². The Bertz CT molecular complexity index is 544. The minimum Gasteiger partial charge on any atom is -0.378 e. The van der Waals surface area contributed by atoms with Crippen molar-refractivity contribution in [1.29, 1.82) is 0 Å². The predicted molar refractivity (Wildman–Crippen MR) is 72.4 cm³/mol. The summed E-state index contributed by atoms with van der Waals surface area (Å²) in [5, 5.41) is 10.9. The standard InChI is InChI=1S/C14H18N4/c1-18-10-14(9-17-18)16-7-11-2-3-12-4-5-15-8-13(12)6-11/h2-3,6,9-10,15-16H,4-5,7-8H2,1H3. The van der Waals surface area contributed by atoms with E-state index in [1.165, 1.54) is 16.7 Å². The van der Waals surface area contributed by atoms with Crippen LogP contribution in [0, 0.1) is 0 Å². The van der Waals surface area contributed by atoms with E-state index in [9.17, 15) is 0 Å². The Morgan fingerprint density at radius 2 is 2.33 bits per heavy atom. The molecule has 0 fully saturated rings. The van der Waals surface area contributed by atoms with Crippen LogP contribution in [0.4, 0.5) is 5.69 Å². The Kier molecular flexibility index (Phi) is 3.02. The lowest BCUT2D eigenvalue weighted by Gasteiger charge is -2.18. The van der Waals surface area contributed by atoms with Crippen LogP contribution in [0.5, 0.6) is 0 Å². The SMILES string of the molecule is Cn1cc(NCc2ccc3c(c2)CNCC3)cn1. The van der Waals surface area contributed by atoms with Crippen LogP contribution in [-0.2, 0) is 26.6 Å². The molecule has 1 aromatic heterocycles. The Hall–Kier alpha value is -1.81. The zero-order chi connectivity index (χ0) is 12.4. The van der Waals surface area contributed by atoms with Crippen molar-refractivity contribution in [2.24, 2.45) is 7.05 Å². The van der Waals surface area contributed by atoms with Gasteiger partial charge in [-0.2, -0.15) is 5.10 Å². The normalized spacial score (nSPS) is 14.3. The van der Waals surface area contributed by atoms with Crippen molar-refractivity contribution in [2.45, 2.75) is 19.5 Å². The van der Waals surface area contributed by atoms with Gasteiger partial charge in [0, 0.05) is 26.3 Å². The lowest BCUT2D eigenvalue weighted by molar-refractivity contribution is 0.643. The number of hydrogen-bond acceptors (Lipinski definition) is 3. The van der Waals surface area contributed by atoms with Gasteiger partial charge < -0.3 is 10.6 Å². The first kappa shape index (κ1) is 11.3. The van der Waals surface area contributed by atoms with Crippen molar-refractivity contribution in [3.05, 3.63) is 47.3 Å². The van der Waals surface area contributed by atoms with E-state index in [0.717, 1.165) is 31.7 Å². The number of fused-ring (bicyclic) bond motifs is 1. The number of nitrogens with one attached hydrogen (secondary N) is 2. The molecule has 1 aliphatic rings. The molecule has 1 aliphatic heterocycles. The molecular weight excluding hydrogens is 224 g/mol. The molecule has 0 bridgehead atoms. The third kappa shape index (κ3) is 2.38. The smallest absolute Gasteiger partial charge is 0.0729 e. The second-order valence-corrected chi connectivity index (χ2v) is 4.79.